The van der Waals surface area contributed by atoms with Crippen molar-refractivity contribution in [2.45, 2.75) is 0 Å². The third kappa shape index (κ3) is 3.78. The average molecular weight is 627 g/mol. The Morgan fingerprint density at radius 3 is 1.73 bits per heavy atom. The number of fused-ring (bicyclic) bond motifs is 10. The standard InChI is InChI=1S/C46H26O3/c1-2-11-27(12-3-1)40-26-29-22-24-37-44-36(18-10-20-39(44)48-46(37)45(29)49-40)43-34-16-6-4-14-32(34)42(33-15-5-7-17-35(33)43)28-21-23-31-30-13-8-9-19-38(30)47-41(31)25-28/h1-26H. The molecule has 0 atom stereocenters. The molecule has 0 amide bonds. The fourth-order valence-electron chi connectivity index (χ4n) is 7.94. The highest BCUT2D eigenvalue weighted by molar-refractivity contribution is 6.27. The minimum atomic E-state index is 0.768. The van der Waals surface area contributed by atoms with E-state index >= 15 is 0 Å². The third-order valence-corrected chi connectivity index (χ3v) is 10.1. The van der Waals surface area contributed by atoms with Gasteiger partial charge in [0.2, 0.25) is 0 Å². The van der Waals surface area contributed by atoms with Gasteiger partial charge in [-0.2, -0.15) is 0 Å². The number of furan rings is 3. The monoisotopic (exact) mass is 626 g/mol. The van der Waals surface area contributed by atoms with Gasteiger partial charge in [0.25, 0.3) is 0 Å². The molecule has 0 bridgehead atoms. The molecule has 11 rings (SSSR count). The predicted molar refractivity (Wildman–Crippen MR) is 202 cm³/mol. The lowest BCUT2D eigenvalue weighted by molar-refractivity contribution is 0.611. The normalized spacial score (nSPS) is 12.1. The van der Waals surface area contributed by atoms with Gasteiger partial charge in [0, 0.05) is 32.5 Å². The van der Waals surface area contributed by atoms with Crippen LogP contribution in [0.2, 0.25) is 0 Å². The van der Waals surface area contributed by atoms with E-state index in [0.717, 1.165) is 77.3 Å². The summed E-state index contributed by atoms with van der Waals surface area (Å²) in [6, 6.07) is 55.4. The fourth-order valence-corrected chi connectivity index (χ4v) is 7.94. The Balaban J connectivity index is 1.20. The summed E-state index contributed by atoms with van der Waals surface area (Å²) in [5.74, 6) is 0.831. The van der Waals surface area contributed by atoms with Crippen molar-refractivity contribution in [1.82, 2.24) is 0 Å². The Morgan fingerprint density at radius 1 is 0.327 bits per heavy atom. The van der Waals surface area contributed by atoms with Crippen LogP contribution in [0.5, 0.6) is 0 Å². The van der Waals surface area contributed by atoms with E-state index in [0.29, 0.717) is 0 Å². The molecule has 3 aromatic heterocycles. The summed E-state index contributed by atoms with van der Waals surface area (Å²) in [6.45, 7) is 0. The largest absolute Gasteiger partial charge is 0.456 e. The summed E-state index contributed by atoms with van der Waals surface area (Å²) in [5, 5.41) is 10.2. The number of para-hydroxylation sites is 1. The summed E-state index contributed by atoms with van der Waals surface area (Å²) in [7, 11) is 0. The van der Waals surface area contributed by atoms with Crippen molar-refractivity contribution in [3.05, 3.63) is 158 Å². The first-order chi connectivity index (χ1) is 24.3. The van der Waals surface area contributed by atoms with Crippen LogP contribution in [0.15, 0.2) is 171 Å². The van der Waals surface area contributed by atoms with Crippen molar-refractivity contribution in [1.29, 1.82) is 0 Å². The molecular formula is C46H26O3. The van der Waals surface area contributed by atoms with Gasteiger partial charge in [0.05, 0.1) is 0 Å². The topological polar surface area (TPSA) is 39.4 Å². The van der Waals surface area contributed by atoms with Crippen LogP contribution in [0, 0.1) is 0 Å². The van der Waals surface area contributed by atoms with Gasteiger partial charge in [-0.25, -0.2) is 0 Å². The molecule has 228 valence electrons. The molecule has 0 radical (unpaired) electrons. The first-order valence-electron chi connectivity index (χ1n) is 16.6. The number of rotatable bonds is 3. The predicted octanol–water partition coefficient (Wildman–Crippen LogP) is 13.5. The lowest BCUT2D eigenvalue weighted by Crippen LogP contribution is -1.91. The fraction of sp³-hybridized carbons (Fsp3) is 0. The molecule has 0 fully saturated rings. The molecule has 0 aliphatic rings. The van der Waals surface area contributed by atoms with Crippen LogP contribution in [0.4, 0.5) is 0 Å². The highest BCUT2D eigenvalue weighted by Gasteiger charge is 2.22. The molecule has 49 heavy (non-hydrogen) atoms. The zero-order chi connectivity index (χ0) is 32.1. The molecule has 3 heteroatoms. The van der Waals surface area contributed by atoms with Crippen LogP contribution in [0.1, 0.15) is 0 Å². The first kappa shape index (κ1) is 26.5. The Kier molecular flexibility index (Phi) is 5.38. The minimum absolute atomic E-state index is 0.768. The van der Waals surface area contributed by atoms with Crippen LogP contribution in [0.25, 0.3) is 110 Å². The van der Waals surface area contributed by atoms with Gasteiger partial charge >= 0.3 is 0 Å². The van der Waals surface area contributed by atoms with E-state index < -0.39 is 0 Å². The van der Waals surface area contributed by atoms with Crippen molar-refractivity contribution in [3.63, 3.8) is 0 Å². The molecule has 0 spiro atoms. The van der Waals surface area contributed by atoms with E-state index in [1.807, 2.05) is 30.3 Å². The zero-order valence-corrected chi connectivity index (χ0v) is 26.2. The van der Waals surface area contributed by atoms with Gasteiger partial charge in [0.1, 0.15) is 22.5 Å². The number of hydrogen-bond acceptors (Lipinski definition) is 3. The molecule has 3 heterocycles. The van der Waals surface area contributed by atoms with Gasteiger partial charge in [-0.3, -0.25) is 0 Å². The quantitative estimate of drug-likeness (QED) is 0.183. The second kappa shape index (κ2) is 9.96. The summed E-state index contributed by atoms with van der Waals surface area (Å²) in [4.78, 5) is 0. The molecule has 11 aromatic rings. The summed E-state index contributed by atoms with van der Waals surface area (Å²) >= 11 is 0. The number of benzene rings is 8. The van der Waals surface area contributed by atoms with Gasteiger partial charge in [-0.15, -0.1) is 0 Å². The third-order valence-electron chi connectivity index (χ3n) is 10.1. The highest BCUT2D eigenvalue weighted by Crippen LogP contribution is 2.48. The minimum Gasteiger partial charge on any atom is -0.456 e. The van der Waals surface area contributed by atoms with Crippen LogP contribution >= 0.6 is 0 Å². The second-order valence-electron chi connectivity index (χ2n) is 12.8. The highest BCUT2D eigenvalue weighted by atomic mass is 16.4. The van der Waals surface area contributed by atoms with Gasteiger partial charge in [0.15, 0.2) is 11.2 Å². The molecule has 0 saturated carbocycles. The second-order valence-corrected chi connectivity index (χ2v) is 12.8. The first-order valence-corrected chi connectivity index (χ1v) is 16.6. The molecule has 3 nitrogen and oxygen atoms in total. The summed E-state index contributed by atoms with van der Waals surface area (Å²) < 4.78 is 19.5. The molecule has 8 aromatic carbocycles. The number of hydrogen-bond donors (Lipinski definition) is 0. The van der Waals surface area contributed by atoms with E-state index in [1.54, 1.807) is 0 Å². The van der Waals surface area contributed by atoms with Gasteiger partial charge < -0.3 is 13.3 Å². The van der Waals surface area contributed by atoms with Crippen LogP contribution in [-0.4, -0.2) is 0 Å². The van der Waals surface area contributed by atoms with E-state index in [-0.39, 0.29) is 0 Å². The Morgan fingerprint density at radius 2 is 0.959 bits per heavy atom. The summed E-state index contributed by atoms with van der Waals surface area (Å²) in [6.07, 6.45) is 0. The maximum Gasteiger partial charge on any atom is 0.178 e. The lowest BCUT2D eigenvalue weighted by atomic mass is 9.85. The van der Waals surface area contributed by atoms with Crippen molar-refractivity contribution < 1.29 is 13.3 Å². The van der Waals surface area contributed by atoms with E-state index in [1.165, 1.54) is 32.7 Å². The van der Waals surface area contributed by atoms with E-state index in [4.69, 9.17) is 13.3 Å². The van der Waals surface area contributed by atoms with Crippen molar-refractivity contribution in [3.8, 4) is 33.6 Å². The van der Waals surface area contributed by atoms with Crippen molar-refractivity contribution in [2.75, 3.05) is 0 Å². The van der Waals surface area contributed by atoms with Crippen LogP contribution in [0.3, 0.4) is 0 Å². The Bertz CT molecular complexity index is 3040. The van der Waals surface area contributed by atoms with E-state index in [9.17, 15) is 0 Å². The van der Waals surface area contributed by atoms with Crippen LogP contribution in [-0.2, 0) is 0 Å². The molecular weight excluding hydrogens is 601 g/mol. The maximum absolute atomic E-state index is 6.66. The van der Waals surface area contributed by atoms with E-state index in [2.05, 4.69) is 127 Å². The Hall–Kier alpha value is -6.58. The lowest BCUT2D eigenvalue weighted by Gasteiger charge is -2.18. The van der Waals surface area contributed by atoms with Crippen molar-refractivity contribution in [2.24, 2.45) is 0 Å². The molecule has 0 aliphatic carbocycles. The molecule has 0 saturated heterocycles. The maximum atomic E-state index is 6.66. The van der Waals surface area contributed by atoms with Gasteiger partial charge in [-0.05, 0) is 80.2 Å². The smallest absolute Gasteiger partial charge is 0.178 e. The molecule has 0 N–H and O–H groups in total. The Labute approximate surface area is 280 Å². The summed E-state index contributed by atoms with van der Waals surface area (Å²) in [5.41, 5.74) is 9.88. The molecule has 0 unspecified atom stereocenters. The van der Waals surface area contributed by atoms with Gasteiger partial charge in [-0.1, -0.05) is 121 Å². The SMILES string of the molecule is c1ccc(-c2cc3ccc4c(oc5cccc(-c6c7ccccc7c(-c7ccc8c(c7)oc7ccccc78)c7ccccc67)c54)c3o2)cc1. The molecule has 0 aliphatic heterocycles. The zero-order valence-electron chi connectivity index (χ0n) is 26.2. The van der Waals surface area contributed by atoms with Crippen molar-refractivity contribution >= 4 is 76.4 Å². The average Bonchev–Trinajstić information content (AvgIpc) is 3.87. The van der Waals surface area contributed by atoms with Crippen LogP contribution < -0.4 is 0 Å².